The van der Waals surface area contributed by atoms with Gasteiger partial charge in [-0.15, -0.1) is 0 Å². The Hall–Kier alpha value is -1.71. The highest BCUT2D eigenvalue weighted by Gasteiger charge is 2.34. The molecule has 0 saturated heterocycles. The van der Waals surface area contributed by atoms with Crippen molar-refractivity contribution in [2.24, 2.45) is 0 Å². The van der Waals surface area contributed by atoms with Crippen molar-refractivity contribution in [2.75, 3.05) is 0 Å². The van der Waals surface area contributed by atoms with Gasteiger partial charge in [0.15, 0.2) is 0 Å². The fraction of sp³-hybridized carbons (Fsp3) is 0.231. The zero-order chi connectivity index (χ0) is 13.1. The summed E-state index contributed by atoms with van der Waals surface area (Å²) in [5.74, 6) is 0.399. The number of alkyl halides is 3. The molecule has 0 bridgehead atoms. The van der Waals surface area contributed by atoms with Crippen LogP contribution in [0.5, 0.6) is 0 Å². The van der Waals surface area contributed by atoms with Crippen LogP contribution in [-0.2, 0) is 0 Å². The second-order valence-corrected chi connectivity index (χ2v) is 3.56. The molecule has 0 fully saturated rings. The normalized spacial score (nSPS) is 13.9. The van der Waals surface area contributed by atoms with Crippen LogP contribution >= 0.6 is 0 Å². The molecule has 1 heterocycles. The van der Waals surface area contributed by atoms with E-state index in [9.17, 15) is 13.2 Å². The lowest BCUT2D eigenvalue weighted by Crippen LogP contribution is -2.12. The molecular formula is C13H13F3O. The minimum Gasteiger partial charge on any atom is -0.464 e. The quantitative estimate of drug-likeness (QED) is 0.697. The van der Waals surface area contributed by atoms with E-state index in [1.165, 1.54) is 13.2 Å². The molecule has 0 N–H and O–H groups in total. The molecule has 0 amide bonds. The van der Waals surface area contributed by atoms with Crippen molar-refractivity contribution in [3.8, 4) is 0 Å². The van der Waals surface area contributed by atoms with Crippen LogP contribution in [0.2, 0.25) is 0 Å². The molecule has 1 rings (SSSR count). The standard InChI is InChI=1S/C13H13F3O/c1-4-10(12-6-5-7-17-12)8-11(9(2)3)13(14,15)16/h4-8H,2H2,1,3H3/b10-4?,11-8+. The van der Waals surface area contributed by atoms with Crippen molar-refractivity contribution in [2.45, 2.75) is 20.0 Å². The molecule has 1 aromatic rings. The molecule has 0 aliphatic carbocycles. The number of hydrogen-bond acceptors (Lipinski definition) is 1. The van der Waals surface area contributed by atoms with Gasteiger partial charge in [-0.05, 0) is 37.6 Å². The lowest BCUT2D eigenvalue weighted by molar-refractivity contribution is -0.0891. The van der Waals surface area contributed by atoms with Gasteiger partial charge >= 0.3 is 6.18 Å². The minimum atomic E-state index is -4.41. The molecule has 4 heteroatoms. The van der Waals surface area contributed by atoms with Crippen LogP contribution < -0.4 is 0 Å². The predicted molar refractivity (Wildman–Crippen MR) is 61.3 cm³/mol. The van der Waals surface area contributed by atoms with E-state index in [0.29, 0.717) is 11.3 Å². The van der Waals surface area contributed by atoms with Gasteiger partial charge in [0.2, 0.25) is 0 Å². The third-order valence-electron chi connectivity index (χ3n) is 2.18. The Labute approximate surface area is 97.9 Å². The molecule has 1 aromatic heterocycles. The summed E-state index contributed by atoms with van der Waals surface area (Å²) in [5.41, 5.74) is -0.393. The Morgan fingerprint density at radius 3 is 2.41 bits per heavy atom. The molecule has 0 radical (unpaired) electrons. The zero-order valence-electron chi connectivity index (χ0n) is 9.64. The number of rotatable bonds is 3. The smallest absolute Gasteiger partial charge is 0.416 e. The highest BCUT2D eigenvalue weighted by Crippen LogP contribution is 2.33. The first kappa shape index (κ1) is 13.4. The summed E-state index contributed by atoms with van der Waals surface area (Å²) >= 11 is 0. The fourth-order valence-electron chi connectivity index (χ4n) is 1.34. The van der Waals surface area contributed by atoms with Gasteiger partial charge in [0.1, 0.15) is 5.76 Å². The van der Waals surface area contributed by atoms with Gasteiger partial charge in [-0.25, -0.2) is 0 Å². The SMILES string of the molecule is C=C(C)/C(=C\C(=CC)c1ccco1)C(F)(F)F. The van der Waals surface area contributed by atoms with E-state index < -0.39 is 11.7 Å². The topological polar surface area (TPSA) is 13.1 Å². The van der Waals surface area contributed by atoms with E-state index in [1.807, 2.05) is 0 Å². The summed E-state index contributed by atoms with van der Waals surface area (Å²) in [6, 6.07) is 3.24. The molecule has 0 saturated carbocycles. The van der Waals surface area contributed by atoms with Crippen molar-refractivity contribution in [3.05, 3.63) is 54.0 Å². The van der Waals surface area contributed by atoms with Gasteiger partial charge in [-0.1, -0.05) is 12.7 Å². The molecule has 0 aliphatic rings. The van der Waals surface area contributed by atoms with Gasteiger partial charge in [0.25, 0.3) is 0 Å². The van der Waals surface area contributed by atoms with Crippen molar-refractivity contribution in [1.82, 2.24) is 0 Å². The zero-order valence-corrected chi connectivity index (χ0v) is 9.64. The first-order valence-electron chi connectivity index (χ1n) is 5.01. The molecule has 17 heavy (non-hydrogen) atoms. The Morgan fingerprint density at radius 2 is 2.06 bits per heavy atom. The lowest BCUT2D eigenvalue weighted by Gasteiger charge is -2.12. The van der Waals surface area contributed by atoms with E-state index >= 15 is 0 Å². The van der Waals surface area contributed by atoms with Crippen LogP contribution in [0.15, 0.2) is 52.7 Å². The first-order valence-corrected chi connectivity index (χ1v) is 5.01. The van der Waals surface area contributed by atoms with Gasteiger partial charge < -0.3 is 4.42 Å². The largest absolute Gasteiger partial charge is 0.464 e. The van der Waals surface area contributed by atoms with Crippen LogP contribution in [0.25, 0.3) is 5.57 Å². The van der Waals surface area contributed by atoms with Crippen LogP contribution in [0.1, 0.15) is 19.6 Å². The maximum Gasteiger partial charge on any atom is 0.416 e. The number of hydrogen-bond donors (Lipinski definition) is 0. The van der Waals surface area contributed by atoms with Gasteiger partial charge in [-0.3, -0.25) is 0 Å². The lowest BCUT2D eigenvalue weighted by atomic mass is 10.0. The van der Waals surface area contributed by atoms with Gasteiger partial charge in [0.05, 0.1) is 11.8 Å². The number of allylic oxidation sites excluding steroid dienone is 5. The van der Waals surface area contributed by atoms with E-state index in [2.05, 4.69) is 6.58 Å². The number of furan rings is 1. The van der Waals surface area contributed by atoms with Gasteiger partial charge in [-0.2, -0.15) is 13.2 Å². The van der Waals surface area contributed by atoms with E-state index in [-0.39, 0.29) is 5.57 Å². The summed E-state index contributed by atoms with van der Waals surface area (Å²) in [6.45, 7) is 6.33. The van der Waals surface area contributed by atoms with E-state index in [0.717, 1.165) is 6.08 Å². The maximum absolute atomic E-state index is 12.7. The third-order valence-corrected chi connectivity index (χ3v) is 2.18. The van der Waals surface area contributed by atoms with Crippen LogP contribution in [0.4, 0.5) is 13.2 Å². The monoisotopic (exact) mass is 242 g/mol. The average Bonchev–Trinajstić information content (AvgIpc) is 2.69. The van der Waals surface area contributed by atoms with Crippen molar-refractivity contribution >= 4 is 5.57 Å². The van der Waals surface area contributed by atoms with Crippen molar-refractivity contribution < 1.29 is 17.6 Å². The Morgan fingerprint density at radius 1 is 1.41 bits per heavy atom. The summed E-state index contributed by atoms with van der Waals surface area (Å²) < 4.78 is 43.2. The molecule has 0 atom stereocenters. The predicted octanol–water partition coefficient (Wildman–Crippen LogP) is 4.75. The summed E-state index contributed by atoms with van der Waals surface area (Å²) in [6.07, 6.45) is -0.387. The van der Waals surface area contributed by atoms with Crippen molar-refractivity contribution in [1.29, 1.82) is 0 Å². The molecule has 1 nitrogen and oxygen atoms in total. The number of halogens is 3. The average molecular weight is 242 g/mol. The highest BCUT2D eigenvalue weighted by molar-refractivity contribution is 5.72. The Bertz CT molecular complexity index is 448. The fourth-order valence-corrected chi connectivity index (χ4v) is 1.34. The van der Waals surface area contributed by atoms with Gasteiger partial charge in [0, 0.05) is 5.57 Å². The molecule has 0 aliphatic heterocycles. The highest BCUT2D eigenvalue weighted by atomic mass is 19.4. The summed E-state index contributed by atoms with van der Waals surface area (Å²) in [7, 11) is 0. The summed E-state index contributed by atoms with van der Waals surface area (Å²) in [5, 5.41) is 0. The molecule has 0 spiro atoms. The second-order valence-electron chi connectivity index (χ2n) is 3.56. The van der Waals surface area contributed by atoms with Crippen LogP contribution in [0, 0.1) is 0 Å². The Balaban J connectivity index is 3.19. The molecule has 0 aromatic carbocycles. The molecule has 92 valence electrons. The van der Waals surface area contributed by atoms with Crippen molar-refractivity contribution in [3.63, 3.8) is 0 Å². The molecule has 0 unspecified atom stereocenters. The van der Waals surface area contributed by atoms with E-state index in [4.69, 9.17) is 4.42 Å². The maximum atomic E-state index is 12.7. The third kappa shape index (κ3) is 3.37. The minimum absolute atomic E-state index is 0.0246. The van der Waals surface area contributed by atoms with Crippen LogP contribution in [0.3, 0.4) is 0 Å². The first-order chi connectivity index (χ1) is 7.86. The molecular weight excluding hydrogens is 229 g/mol. The van der Waals surface area contributed by atoms with Crippen LogP contribution in [-0.4, -0.2) is 6.18 Å². The van der Waals surface area contributed by atoms with E-state index in [1.54, 1.807) is 25.1 Å². The Kier molecular flexibility index (Phi) is 3.99. The summed E-state index contributed by atoms with van der Waals surface area (Å²) in [4.78, 5) is 0. The second kappa shape index (κ2) is 5.08.